The number of thiazole rings is 1. The molecule has 1 fully saturated rings. The summed E-state index contributed by atoms with van der Waals surface area (Å²) in [5.41, 5.74) is 0.426. The van der Waals surface area contributed by atoms with Gasteiger partial charge in [0.05, 0.1) is 10.7 Å². The van der Waals surface area contributed by atoms with Crippen LogP contribution < -0.4 is 4.72 Å². The van der Waals surface area contributed by atoms with E-state index in [1.165, 1.54) is 17.7 Å². The predicted molar refractivity (Wildman–Crippen MR) is 75.4 cm³/mol. The van der Waals surface area contributed by atoms with Gasteiger partial charge in [0.1, 0.15) is 17.2 Å². The molecule has 3 rings (SSSR count). The third-order valence-electron chi connectivity index (χ3n) is 3.10. The second-order valence-electron chi connectivity index (χ2n) is 4.89. The number of amides is 1. The Kier molecular flexibility index (Phi) is 3.54. The molecule has 9 heteroatoms. The molecular weight excluding hydrogens is 314 g/mol. The van der Waals surface area contributed by atoms with Gasteiger partial charge < -0.3 is 4.42 Å². The topological polar surface area (TPSA) is 102 Å². The highest BCUT2D eigenvalue weighted by atomic mass is 32.2. The summed E-state index contributed by atoms with van der Waals surface area (Å²) in [6.45, 7) is 1.61. The zero-order chi connectivity index (χ0) is 15.0. The van der Waals surface area contributed by atoms with Gasteiger partial charge in [-0.25, -0.2) is 23.1 Å². The van der Waals surface area contributed by atoms with E-state index < -0.39 is 21.7 Å². The van der Waals surface area contributed by atoms with Crippen LogP contribution in [0.1, 0.15) is 45.7 Å². The minimum absolute atomic E-state index is 0.141. The van der Waals surface area contributed by atoms with E-state index in [4.69, 9.17) is 4.42 Å². The Morgan fingerprint density at radius 2 is 2.29 bits per heavy atom. The van der Waals surface area contributed by atoms with Gasteiger partial charge in [0.2, 0.25) is 10.0 Å². The van der Waals surface area contributed by atoms with Gasteiger partial charge in [-0.15, -0.1) is 11.3 Å². The molecule has 0 aliphatic heterocycles. The van der Waals surface area contributed by atoms with Gasteiger partial charge in [-0.3, -0.25) is 4.79 Å². The van der Waals surface area contributed by atoms with Crippen molar-refractivity contribution in [3.63, 3.8) is 0 Å². The molecular formula is C12H13N3O4S2. The maximum Gasteiger partial charge on any atom is 0.284 e. The van der Waals surface area contributed by atoms with Crippen LogP contribution in [0.4, 0.5) is 0 Å². The summed E-state index contributed by atoms with van der Waals surface area (Å²) in [5, 5.41) is 2.48. The molecule has 1 N–H and O–H groups in total. The molecule has 0 aromatic carbocycles. The summed E-state index contributed by atoms with van der Waals surface area (Å²) in [6.07, 6.45) is 3.33. The first kappa shape index (κ1) is 14.2. The summed E-state index contributed by atoms with van der Waals surface area (Å²) in [5.74, 6) is -0.261. The van der Waals surface area contributed by atoms with Crippen LogP contribution in [0.5, 0.6) is 0 Å². The Morgan fingerprint density at radius 1 is 1.52 bits per heavy atom. The Labute approximate surface area is 125 Å². The number of aromatic nitrogens is 2. The Hall–Kier alpha value is -1.74. The van der Waals surface area contributed by atoms with Crippen LogP contribution in [-0.4, -0.2) is 24.3 Å². The minimum Gasteiger partial charge on any atom is -0.448 e. The Bertz CT molecular complexity index is 774. The molecule has 1 aliphatic carbocycles. The van der Waals surface area contributed by atoms with E-state index in [-0.39, 0.29) is 11.4 Å². The van der Waals surface area contributed by atoms with Crippen LogP contribution in [0.2, 0.25) is 0 Å². The maximum atomic E-state index is 11.9. The summed E-state index contributed by atoms with van der Waals surface area (Å²) >= 11 is 1.39. The number of sulfonamides is 1. The monoisotopic (exact) mass is 327 g/mol. The van der Waals surface area contributed by atoms with Crippen molar-refractivity contribution in [1.82, 2.24) is 14.7 Å². The quantitative estimate of drug-likeness (QED) is 0.894. The smallest absolute Gasteiger partial charge is 0.284 e. The molecule has 7 nitrogen and oxygen atoms in total. The lowest BCUT2D eigenvalue weighted by atomic mass is 10.4. The first-order valence-corrected chi connectivity index (χ1v) is 8.87. The Balaban J connectivity index is 1.69. The number of nitrogens with zero attached hydrogens (tertiary/aromatic N) is 2. The Morgan fingerprint density at radius 3 is 2.90 bits per heavy atom. The summed E-state index contributed by atoms with van der Waals surface area (Å²) in [7, 11) is -3.83. The van der Waals surface area contributed by atoms with E-state index in [1.807, 2.05) is 4.72 Å². The van der Waals surface area contributed by atoms with E-state index in [9.17, 15) is 13.2 Å². The molecule has 21 heavy (non-hydrogen) atoms. The number of hydrogen-bond acceptors (Lipinski definition) is 7. The molecule has 2 aromatic rings. The lowest BCUT2D eigenvalue weighted by Crippen LogP contribution is -2.32. The van der Waals surface area contributed by atoms with Gasteiger partial charge in [0, 0.05) is 11.3 Å². The van der Waals surface area contributed by atoms with Crippen molar-refractivity contribution in [1.29, 1.82) is 0 Å². The normalized spacial score (nSPS) is 15.1. The van der Waals surface area contributed by atoms with Crippen molar-refractivity contribution >= 4 is 27.3 Å². The van der Waals surface area contributed by atoms with Gasteiger partial charge in [-0.1, -0.05) is 0 Å². The standard InChI is InChI=1S/C12H13N3O4S2/c1-7-10(13-6-19-7)5-21(17,18)15-11(16)9-4-20-12(14-9)8-2-3-8/h4,6,8H,2-3,5H2,1H3,(H,15,16). The molecule has 0 atom stereocenters. The van der Waals surface area contributed by atoms with E-state index in [0.29, 0.717) is 11.7 Å². The molecule has 2 aromatic heterocycles. The van der Waals surface area contributed by atoms with Crippen LogP contribution in [0.3, 0.4) is 0 Å². The fraction of sp³-hybridized carbons (Fsp3) is 0.417. The molecule has 1 aliphatic rings. The van der Waals surface area contributed by atoms with Crippen molar-refractivity contribution < 1.29 is 17.6 Å². The van der Waals surface area contributed by atoms with Crippen molar-refractivity contribution in [3.8, 4) is 0 Å². The van der Waals surface area contributed by atoms with Crippen molar-refractivity contribution in [2.45, 2.75) is 31.4 Å². The van der Waals surface area contributed by atoms with Crippen LogP contribution in [-0.2, 0) is 15.8 Å². The molecule has 1 amide bonds. The number of carbonyl (C=O) groups is 1. The maximum absolute atomic E-state index is 11.9. The zero-order valence-corrected chi connectivity index (χ0v) is 12.8. The highest BCUT2D eigenvalue weighted by Gasteiger charge is 2.28. The number of aryl methyl sites for hydroxylation is 1. The van der Waals surface area contributed by atoms with E-state index in [2.05, 4.69) is 9.97 Å². The third-order valence-corrected chi connectivity index (χ3v) is 5.26. The van der Waals surface area contributed by atoms with E-state index in [1.54, 1.807) is 12.3 Å². The lowest BCUT2D eigenvalue weighted by Gasteiger charge is -2.03. The second kappa shape index (κ2) is 5.23. The summed E-state index contributed by atoms with van der Waals surface area (Å²) in [4.78, 5) is 19.9. The fourth-order valence-electron chi connectivity index (χ4n) is 1.79. The molecule has 0 radical (unpaired) electrons. The van der Waals surface area contributed by atoms with Gasteiger partial charge in [-0.05, 0) is 19.8 Å². The minimum atomic E-state index is -3.83. The molecule has 112 valence electrons. The fourth-order valence-corrected chi connectivity index (χ4v) is 3.85. The molecule has 1 saturated carbocycles. The SMILES string of the molecule is Cc1ocnc1CS(=O)(=O)NC(=O)c1csc(C2CC2)n1. The van der Waals surface area contributed by atoms with Gasteiger partial charge in [0.25, 0.3) is 5.91 Å². The summed E-state index contributed by atoms with van der Waals surface area (Å²) < 4.78 is 30.8. The zero-order valence-electron chi connectivity index (χ0n) is 11.2. The number of oxazole rings is 1. The van der Waals surface area contributed by atoms with Crippen molar-refractivity contribution in [3.05, 3.63) is 33.9 Å². The highest BCUT2D eigenvalue weighted by Crippen LogP contribution is 2.41. The van der Waals surface area contributed by atoms with E-state index in [0.717, 1.165) is 17.8 Å². The predicted octanol–water partition coefficient (Wildman–Crippen LogP) is 1.58. The second-order valence-corrected chi connectivity index (χ2v) is 7.50. The number of hydrogen-bond donors (Lipinski definition) is 1. The molecule has 0 spiro atoms. The largest absolute Gasteiger partial charge is 0.448 e. The number of nitrogens with one attached hydrogen (secondary N) is 1. The van der Waals surface area contributed by atoms with Gasteiger partial charge >= 0.3 is 0 Å². The number of carbonyl (C=O) groups excluding carboxylic acids is 1. The molecule has 0 bridgehead atoms. The molecule has 0 unspecified atom stereocenters. The van der Waals surface area contributed by atoms with Crippen molar-refractivity contribution in [2.75, 3.05) is 0 Å². The van der Waals surface area contributed by atoms with Crippen LogP contribution in [0.25, 0.3) is 0 Å². The average molecular weight is 327 g/mol. The first-order chi connectivity index (χ1) is 9.94. The van der Waals surface area contributed by atoms with Crippen LogP contribution in [0.15, 0.2) is 16.2 Å². The highest BCUT2D eigenvalue weighted by molar-refractivity contribution is 7.89. The molecule has 0 saturated heterocycles. The first-order valence-electron chi connectivity index (χ1n) is 6.34. The van der Waals surface area contributed by atoms with Crippen LogP contribution >= 0.6 is 11.3 Å². The average Bonchev–Trinajstić information content (AvgIpc) is 3.00. The van der Waals surface area contributed by atoms with Crippen LogP contribution in [0, 0.1) is 6.92 Å². The number of rotatable bonds is 5. The van der Waals surface area contributed by atoms with E-state index >= 15 is 0 Å². The van der Waals surface area contributed by atoms with Gasteiger partial charge in [-0.2, -0.15) is 0 Å². The summed E-state index contributed by atoms with van der Waals surface area (Å²) in [6, 6.07) is 0. The van der Waals surface area contributed by atoms with Crippen molar-refractivity contribution in [2.24, 2.45) is 0 Å². The lowest BCUT2D eigenvalue weighted by molar-refractivity contribution is 0.0977. The molecule has 2 heterocycles. The van der Waals surface area contributed by atoms with Gasteiger partial charge in [0.15, 0.2) is 6.39 Å². The third kappa shape index (κ3) is 3.30.